The van der Waals surface area contributed by atoms with Crippen molar-refractivity contribution in [2.45, 2.75) is 18.2 Å². The predicted molar refractivity (Wildman–Crippen MR) is 78.9 cm³/mol. The summed E-state index contributed by atoms with van der Waals surface area (Å²) in [5.74, 6) is -5.05. The standard InChI is InChI=1S/C15H10F5NO4S/c1-8-7-9(16)5-6-10(8)14(22)21-26(23,24)12-4-2-3-11(13(12)17)25-15(18,19)20/h2-7H,1H3,(H,21,22). The number of carbonyl (C=O) groups excluding carboxylic acids is 1. The van der Waals surface area contributed by atoms with Gasteiger partial charge in [0, 0.05) is 5.56 Å². The maximum absolute atomic E-state index is 14.1. The molecule has 0 unspecified atom stereocenters. The lowest BCUT2D eigenvalue weighted by Crippen LogP contribution is -2.32. The topological polar surface area (TPSA) is 72.5 Å². The van der Waals surface area contributed by atoms with E-state index in [9.17, 15) is 35.2 Å². The SMILES string of the molecule is Cc1cc(F)ccc1C(=O)NS(=O)(=O)c1cccc(OC(F)(F)F)c1F. The van der Waals surface area contributed by atoms with Gasteiger partial charge < -0.3 is 4.74 Å². The Morgan fingerprint density at radius 1 is 1.12 bits per heavy atom. The summed E-state index contributed by atoms with van der Waals surface area (Å²) in [6.07, 6.45) is -5.24. The van der Waals surface area contributed by atoms with Gasteiger partial charge in [0.1, 0.15) is 10.7 Å². The third kappa shape index (κ3) is 4.48. The number of alkyl halides is 3. The fraction of sp³-hybridized carbons (Fsp3) is 0.133. The van der Waals surface area contributed by atoms with Crippen LogP contribution in [0.1, 0.15) is 15.9 Å². The normalized spacial score (nSPS) is 11.9. The highest BCUT2D eigenvalue weighted by atomic mass is 32.2. The van der Waals surface area contributed by atoms with Gasteiger partial charge in [-0.05, 0) is 42.8 Å². The van der Waals surface area contributed by atoms with Crippen LogP contribution in [0, 0.1) is 18.6 Å². The Bertz CT molecular complexity index is 957. The fourth-order valence-electron chi connectivity index (χ4n) is 2.02. The molecule has 2 aromatic carbocycles. The molecular weight excluding hydrogens is 385 g/mol. The number of benzene rings is 2. The summed E-state index contributed by atoms with van der Waals surface area (Å²) < 4.78 is 93.0. The second-order valence-corrected chi connectivity index (χ2v) is 6.66. The lowest BCUT2D eigenvalue weighted by Gasteiger charge is -2.13. The van der Waals surface area contributed by atoms with Crippen LogP contribution in [-0.2, 0) is 10.0 Å². The van der Waals surface area contributed by atoms with Crippen molar-refractivity contribution in [3.05, 3.63) is 59.2 Å². The Morgan fingerprint density at radius 2 is 1.77 bits per heavy atom. The zero-order chi connectivity index (χ0) is 19.7. The highest BCUT2D eigenvalue weighted by Crippen LogP contribution is 2.29. The smallest absolute Gasteiger partial charge is 0.403 e. The highest BCUT2D eigenvalue weighted by Gasteiger charge is 2.34. The molecule has 0 heterocycles. The molecule has 2 rings (SSSR count). The van der Waals surface area contributed by atoms with E-state index in [-0.39, 0.29) is 11.1 Å². The maximum Gasteiger partial charge on any atom is 0.573 e. The lowest BCUT2D eigenvalue weighted by molar-refractivity contribution is -0.275. The monoisotopic (exact) mass is 395 g/mol. The van der Waals surface area contributed by atoms with Crippen LogP contribution >= 0.6 is 0 Å². The summed E-state index contributed by atoms with van der Waals surface area (Å²) in [4.78, 5) is 10.8. The van der Waals surface area contributed by atoms with E-state index >= 15 is 0 Å². The summed E-state index contributed by atoms with van der Waals surface area (Å²) in [6, 6.07) is 4.94. The number of hydrogen-bond acceptors (Lipinski definition) is 4. The number of amides is 1. The second-order valence-electron chi connectivity index (χ2n) is 5.01. The van der Waals surface area contributed by atoms with Crippen LogP contribution in [0.2, 0.25) is 0 Å². The van der Waals surface area contributed by atoms with Crippen molar-refractivity contribution in [3.63, 3.8) is 0 Å². The number of rotatable bonds is 4. The molecule has 1 amide bonds. The van der Waals surface area contributed by atoms with Crippen LogP contribution in [0.4, 0.5) is 22.0 Å². The van der Waals surface area contributed by atoms with Gasteiger partial charge in [-0.3, -0.25) is 4.79 Å². The van der Waals surface area contributed by atoms with Crippen LogP contribution in [0.3, 0.4) is 0 Å². The van der Waals surface area contributed by atoms with E-state index in [1.54, 1.807) is 0 Å². The van der Waals surface area contributed by atoms with E-state index < -0.39 is 44.6 Å². The second kappa shape index (κ2) is 6.90. The van der Waals surface area contributed by atoms with E-state index in [0.717, 1.165) is 24.3 Å². The number of ether oxygens (including phenoxy) is 1. The quantitative estimate of drug-likeness (QED) is 0.807. The Kier molecular flexibility index (Phi) is 5.21. The van der Waals surface area contributed by atoms with Crippen molar-refractivity contribution >= 4 is 15.9 Å². The van der Waals surface area contributed by atoms with E-state index in [1.165, 1.54) is 11.6 Å². The number of aryl methyl sites for hydroxylation is 1. The Morgan fingerprint density at radius 3 is 2.35 bits per heavy atom. The minimum atomic E-state index is -5.24. The van der Waals surface area contributed by atoms with Crippen molar-refractivity contribution in [1.82, 2.24) is 4.72 Å². The van der Waals surface area contributed by atoms with Crippen molar-refractivity contribution in [2.24, 2.45) is 0 Å². The van der Waals surface area contributed by atoms with E-state index in [2.05, 4.69) is 4.74 Å². The van der Waals surface area contributed by atoms with Crippen molar-refractivity contribution in [1.29, 1.82) is 0 Å². The van der Waals surface area contributed by atoms with Crippen LogP contribution < -0.4 is 9.46 Å². The van der Waals surface area contributed by atoms with Crippen molar-refractivity contribution in [2.75, 3.05) is 0 Å². The number of sulfonamides is 1. The van der Waals surface area contributed by atoms with Gasteiger partial charge in [0.2, 0.25) is 0 Å². The lowest BCUT2D eigenvalue weighted by atomic mass is 10.1. The zero-order valence-corrected chi connectivity index (χ0v) is 13.7. The van der Waals surface area contributed by atoms with Crippen molar-refractivity contribution in [3.8, 4) is 5.75 Å². The van der Waals surface area contributed by atoms with E-state index in [1.807, 2.05) is 0 Å². The minimum Gasteiger partial charge on any atom is -0.403 e. The summed E-state index contributed by atoms with van der Waals surface area (Å²) in [5.41, 5.74) is -0.106. The summed E-state index contributed by atoms with van der Waals surface area (Å²) in [5, 5.41) is 0. The molecule has 5 nitrogen and oxygen atoms in total. The Hall–Kier alpha value is -2.69. The third-order valence-corrected chi connectivity index (χ3v) is 4.45. The predicted octanol–water partition coefficient (Wildman–Crippen LogP) is 3.29. The summed E-state index contributed by atoms with van der Waals surface area (Å²) >= 11 is 0. The van der Waals surface area contributed by atoms with Crippen LogP contribution in [0.15, 0.2) is 41.3 Å². The van der Waals surface area contributed by atoms with Crippen LogP contribution in [0.25, 0.3) is 0 Å². The molecular formula is C15H10F5NO4S. The van der Waals surface area contributed by atoms with E-state index in [4.69, 9.17) is 0 Å². The zero-order valence-electron chi connectivity index (χ0n) is 12.9. The van der Waals surface area contributed by atoms with Gasteiger partial charge in [0.05, 0.1) is 0 Å². The first-order valence-corrected chi connectivity index (χ1v) is 8.26. The first-order valence-electron chi connectivity index (χ1n) is 6.78. The van der Waals surface area contributed by atoms with Crippen molar-refractivity contribution < 1.29 is 39.9 Å². The van der Waals surface area contributed by atoms with E-state index in [0.29, 0.717) is 12.1 Å². The number of nitrogens with one attached hydrogen (secondary N) is 1. The molecule has 0 fully saturated rings. The Labute approximate surface area is 144 Å². The molecule has 0 saturated heterocycles. The molecule has 0 aromatic heterocycles. The molecule has 0 aliphatic rings. The van der Waals surface area contributed by atoms with Gasteiger partial charge in [-0.15, -0.1) is 13.2 Å². The maximum atomic E-state index is 14.1. The van der Waals surface area contributed by atoms with Crippen LogP contribution in [-0.4, -0.2) is 20.7 Å². The Balaban J connectivity index is 2.36. The number of halogens is 5. The van der Waals surface area contributed by atoms with Gasteiger partial charge in [-0.1, -0.05) is 6.07 Å². The molecule has 26 heavy (non-hydrogen) atoms. The molecule has 1 N–H and O–H groups in total. The van der Waals surface area contributed by atoms with Gasteiger partial charge in [-0.25, -0.2) is 21.9 Å². The highest BCUT2D eigenvalue weighted by molar-refractivity contribution is 7.90. The van der Waals surface area contributed by atoms with Gasteiger partial charge >= 0.3 is 6.36 Å². The average Bonchev–Trinajstić information content (AvgIpc) is 2.47. The first-order chi connectivity index (χ1) is 11.9. The fourth-order valence-corrected chi connectivity index (χ4v) is 3.07. The first kappa shape index (κ1) is 19.6. The summed E-state index contributed by atoms with van der Waals surface area (Å²) in [6.45, 7) is 1.34. The molecule has 11 heteroatoms. The molecule has 0 radical (unpaired) electrons. The largest absolute Gasteiger partial charge is 0.573 e. The van der Waals surface area contributed by atoms with Gasteiger partial charge in [0.15, 0.2) is 11.6 Å². The molecule has 0 atom stereocenters. The molecule has 0 saturated carbocycles. The van der Waals surface area contributed by atoms with Gasteiger partial charge in [0.25, 0.3) is 15.9 Å². The van der Waals surface area contributed by atoms with Crippen LogP contribution in [0.5, 0.6) is 5.75 Å². The molecule has 0 bridgehead atoms. The number of carbonyl (C=O) groups is 1. The molecule has 0 aliphatic carbocycles. The average molecular weight is 395 g/mol. The molecule has 140 valence electrons. The summed E-state index contributed by atoms with van der Waals surface area (Å²) in [7, 11) is -4.86. The molecule has 2 aromatic rings. The minimum absolute atomic E-state index is 0.104. The number of hydrogen-bond donors (Lipinski definition) is 1. The molecule has 0 aliphatic heterocycles. The van der Waals surface area contributed by atoms with Gasteiger partial charge in [-0.2, -0.15) is 0 Å². The third-order valence-electron chi connectivity index (χ3n) is 3.10. The molecule has 0 spiro atoms.